The Morgan fingerprint density at radius 3 is 2.70 bits per heavy atom. The largest absolute Gasteiger partial charge is 0.388 e. The summed E-state index contributed by atoms with van der Waals surface area (Å²) in [6.07, 6.45) is 3.54. The Labute approximate surface area is 166 Å². The predicted molar refractivity (Wildman–Crippen MR) is 108 cm³/mol. The first-order chi connectivity index (χ1) is 12.9. The average molecular weight is 424 g/mol. The number of nitrogens with zero attached hydrogens (tertiary/aromatic N) is 2. The Hall–Kier alpha value is -1.39. The second-order valence-corrected chi connectivity index (χ2v) is 10.5. The molecule has 0 radical (unpaired) electrons. The maximum atomic E-state index is 13.0. The summed E-state index contributed by atoms with van der Waals surface area (Å²) < 4.78 is 37.1. The van der Waals surface area contributed by atoms with Crippen LogP contribution in [0, 0.1) is 0 Å². The summed E-state index contributed by atoms with van der Waals surface area (Å²) >= 11 is 2.60. The molecule has 1 aliphatic rings. The van der Waals surface area contributed by atoms with E-state index in [0.717, 1.165) is 47.2 Å². The van der Waals surface area contributed by atoms with Crippen LogP contribution in [0.4, 0.5) is 0 Å². The van der Waals surface area contributed by atoms with Crippen LogP contribution in [0.1, 0.15) is 48.5 Å². The van der Waals surface area contributed by atoms with Gasteiger partial charge < -0.3 is 5.11 Å². The molecule has 2 N–H and O–H groups in total. The van der Waals surface area contributed by atoms with Crippen LogP contribution in [-0.4, -0.2) is 28.8 Å². The third-order valence-electron chi connectivity index (χ3n) is 5.26. The maximum absolute atomic E-state index is 13.0. The Bertz CT molecular complexity index is 1050. The smallest absolute Gasteiger partial charge is 0.242 e. The number of thiophene rings is 1. The molecule has 1 unspecified atom stereocenters. The third-order valence-corrected chi connectivity index (χ3v) is 8.74. The number of rotatable bonds is 6. The van der Waals surface area contributed by atoms with E-state index in [4.69, 9.17) is 0 Å². The normalized spacial score (nSPS) is 18.1. The average Bonchev–Trinajstić information content (AvgIpc) is 3.39. The highest BCUT2D eigenvalue weighted by molar-refractivity contribution is 7.89. The monoisotopic (exact) mass is 423 g/mol. The quantitative estimate of drug-likeness (QED) is 0.632. The lowest BCUT2D eigenvalue weighted by atomic mass is 9.85. The van der Waals surface area contributed by atoms with Crippen molar-refractivity contribution in [2.45, 2.75) is 49.0 Å². The minimum absolute atomic E-state index is 0.178. The lowest BCUT2D eigenvalue weighted by Crippen LogP contribution is -2.38. The first-order valence-corrected chi connectivity index (χ1v) is 11.9. The molecule has 1 aliphatic carbocycles. The van der Waals surface area contributed by atoms with Crippen molar-refractivity contribution in [3.63, 3.8) is 0 Å². The molecule has 1 atom stereocenters. The molecule has 1 aromatic carbocycles. The van der Waals surface area contributed by atoms with Gasteiger partial charge in [-0.25, -0.2) is 13.1 Å². The molecule has 1 fully saturated rings. The van der Waals surface area contributed by atoms with Crippen molar-refractivity contribution in [2.24, 2.45) is 0 Å². The van der Waals surface area contributed by atoms with Crippen molar-refractivity contribution in [2.75, 3.05) is 6.54 Å². The molecule has 3 aromatic rings. The van der Waals surface area contributed by atoms with Gasteiger partial charge >= 0.3 is 0 Å². The predicted octanol–water partition coefficient (Wildman–Crippen LogP) is 3.60. The number of sulfonamides is 1. The van der Waals surface area contributed by atoms with E-state index in [2.05, 4.69) is 13.5 Å². The standard InChI is InChI=1S/C18H21N3O3S3/c1-12(22)14-7-8-16(25-14)18(9-2-3-10-18)11-19-27(23,24)15-6-4-5-13-17(15)21-26-20-13/h4-8,12,19,22H,2-3,9-11H2,1H3. The molecular formula is C18H21N3O3S3. The fraction of sp³-hybridized carbons (Fsp3) is 0.444. The van der Waals surface area contributed by atoms with Crippen LogP contribution in [0.2, 0.25) is 0 Å². The van der Waals surface area contributed by atoms with Crippen LogP contribution in [0.3, 0.4) is 0 Å². The maximum Gasteiger partial charge on any atom is 0.242 e. The molecule has 144 valence electrons. The molecule has 1 saturated carbocycles. The zero-order valence-corrected chi connectivity index (χ0v) is 17.3. The van der Waals surface area contributed by atoms with Gasteiger partial charge in [-0.05, 0) is 44.0 Å². The first-order valence-electron chi connectivity index (χ1n) is 8.91. The summed E-state index contributed by atoms with van der Waals surface area (Å²) in [4.78, 5) is 2.24. The van der Waals surface area contributed by atoms with Gasteiger partial charge in [0, 0.05) is 21.7 Å². The number of nitrogens with one attached hydrogen (secondary N) is 1. The van der Waals surface area contributed by atoms with Gasteiger partial charge in [0.2, 0.25) is 10.0 Å². The van der Waals surface area contributed by atoms with Crippen LogP contribution in [-0.2, 0) is 15.4 Å². The van der Waals surface area contributed by atoms with Gasteiger partial charge in [-0.2, -0.15) is 8.75 Å². The van der Waals surface area contributed by atoms with Gasteiger partial charge in [-0.1, -0.05) is 18.9 Å². The molecular weight excluding hydrogens is 402 g/mol. The Morgan fingerprint density at radius 1 is 1.22 bits per heavy atom. The summed E-state index contributed by atoms with van der Waals surface area (Å²) in [7, 11) is -3.69. The summed E-state index contributed by atoms with van der Waals surface area (Å²) in [5, 5.41) is 9.84. The van der Waals surface area contributed by atoms with Crippen LogP contribution < -0.4 is 4.72 Å². The second-order valence-electron chi connectivity index (χ2n) is 7.08. The Kier molecular flexibility index (Phi) is 5.06. The van der Waals surface area contributed by atoms with E-state index in [-0.39, 0.29) is 10.3 Å². The van der Waals surface area contributed by atoms with Crippen LogP contribution >= 0.6 is 23.1 Å². The Balaban J connectivity index is 1.62. The van der Waals surface area contributed by atoms with Gasteiger partial charge in [-0.15, -0.1) is 11.3 Å². The molecule has 0 spiro atoms. The minimum atomic E-state index is -3.69. The van der Waals surface area contributed by atoms with Crippen LogP contribution in [0.5, 0.6) is 0 Å². The second kappa shape index (κ2) is 7.21. The topological polar surface area (TPSA) is 92.2 Å². The lowest BCUT2D eigenvalue weighted by Gasteiger charge is -2.28. The lowest BCUT2D eigenvalue weighted by molar-refractivity contribution is 0.203. The molecule has 2 heterocycles. The molecule has 2 aromatic heterocycles. The van der Waals surface area contributed by atoms with E-state index in [1.165, 1.54) is 0 Å². The van der Waals surface area contributed by atoms with Gasteiger partial charge in [0.05, 0.1) is 17.8 Å². The van der Waals surface area contributed by atoms with Crippen LogP contribution in [0.25, 0.3) is 11.0 Å². The molecule has 0 saturated heterocycles. The molecule has 4 rings (SSSR count). The van der Waals surface area contributed by atoms with Crippen molar-refractivity contribution in [1.82, 2.24) is 13.5 Å². The van der Waals surface area contributed by atoms with Crippen molar-refractivity contribution >= 4 is 44.1 Å². The number of fused-ring (bicyclic) bond motifs is 1. The van der Waals surface area contributed by atoms with Gasteiger partial charge in [0.15, 0.2) is 0 Å². The highest BCUT2D eigenvalue weighted by Crippen LogP contribution is 2.44. The van der Waals surface area contributed by atoms with Crippen molar-refractivity contribution in [3.05, 3.63) is 40.1 Å². The number of aromatic nitrogens is 2. The fourth-order valence-corrected chi connectivity index (χ4v) is 6.81. The van der Waals surface area contributed by atoms with Gasteiger partial charge in [-0.3, -0.25) is 0 Å². The van der Waals surface area contributed by atoms with E-state index < -0.39 is 16.1 Å². The van der Waals surface area contributed by atoms with Gasteiger partial charge in [0.1, 0.15) is 15.9 Å². The first kappa shape index (κ1) is 18.9. The number of benzene rings is 1. The van der Waals surface area contributed by atoms with Crippen molar-refractivity contribution < 1.29 is 13.5 Å². The van der Waals surface area contributed by atoms with Crippen molar-refractivity contribution in [3.8, 4) is 0 Å². The number of hydrogen-bond donors (Lipinski definition) is 2. The summed E-state index contributed by atoms with van der Waals surface area (Å²) in [6.45, 7) is 2.10. The highest BCUT2D eigenvalue weighted by atomic mass is 32.2. The van der Waals surface area contributed by atoms with E-state index in [0.29, 0.717) is 17.6 Å². The van der Waals surface area contributed by atoms with E-state index in [9.17, 15) is 13.5 Å². The van der Waals surface area contributed by atoms with E-state index in [1.54, 1.807) is 36.5 Å². The summed E-state index contributed by atoms with van der Waals surface area (Å²) in [6, 6.07) is 9.01. The fourth-order valence-electron chi connectivity index (χ4n) is 3.73. The highest BCUT2D eigenvalue weighted by Gasteiger charge is 2.38. The number of aliphatic hydroxyl groups excluding tert-OH is 1. The van der Waals surface area contributed by atoms with Crippen LogP contribution in [0.15, 0.2) is 35.2 Å². The molecule has 27 heavy (non-hydrogen) atoms. The zero-order valence-electron chi connectivity index (χ0n) is 14.9. The molecule has 0 amide bonds. The molecule has 6 nitrogen and oxygen atoms in total. The van der Waals surface area contributed by atoms with Crippen molar-refractivity contribution in [1.29, 1.82) is 0 Å². The summed E-state index contributed by atoms with van der Waals surface area (Å²) in [5.74, 6) is 0. The minimum Gasteiger partial charge on any atom is -0.388 e. The number of aliphatic hydroxyl groups is 1. The van der Waals surface area contributed by atoms with E-state index >= 15 is 0 Å². The molecule has 9 heteroatoms. The van der Waals surface area contributed by atoms with E-state index in [1.807, 2.05) is 12.1 Å². The summed E-state index contributed by atoms with van der Waals surface area (Å²) in [5.41, 5.74) is 0.806. The van der Waals surface area contributed by atoms with Gasteiger partial charge in [0.25, 0.3) is 0 Å². The SMILES string of the molecule is CC(O)c1ccc(C2(CNS(=O)(=O)c3cccc4nsnc34)CCCC2)s1. The Morgan fingerprint density at radius 2 is 2.00 bits per heavy atom. The third kappa shape index (κ3) is 3.54. The zero-order chi connectivity index (χ0) is 19.1. The molecule has 0 aliphatic heterocycles. The molecule has 0 bridgehead atoms. The number of hydrogen-bond acceptors (Lipinski definition) is 7.